The van der Waals surface area contributed by atoms with Crippen LogP contribution in [-0.2, 0) is 6.54 Å². The zero-order chi connectivity index (χ0) is 12.1. The molecule has 0 unspecified atom stereocenters. The van der Waals surface area contributed by atoms with Gasteiger partial charge in [-0.1, -0.05) is 13.8 Å². The summed E-state index contributed by atoms with van der Waals surface area (Å²) >= 11 is 0. The van der Waals surface area contributed by atoms with Crippen LogP contribution < -0.4 is 5.32 Å². The molecule has 0 spiro atoms. The first-order chi connectivity index (χ1) is 7.52. The minimum Gasteiger partial charge on any atom is -0.315 e. The van der Waals surface area contributed by atoms with Crippen molar-refractivity contribution in [2.24, 2.45) is 0 Å². The average molecular weight is 223 g/mol. The lowest BCUT2D eigenvalue weighted by Crippen LogP contribution is -2.23. The molecule has 0 amide bonds. The number of hydrogen-bond acceptors (Lipinski definition) is 2. The van der Waals surface area contributed by atoms with Gasteiger partial charge in [-0.15, -0.1) is 0 Å². The molecule has 0 atom stereocenters. The van der Waals surface area contributed by atoms with E-state index in [1.165, 1.54) is 24.1 Å². The maximum Gasteiger partial charge on any atom is 0.0625 e. The van der Waals surface area contributed by atoms with Gasteiger partial charge in [-0.05, 0) is 45.7 Å². The number of nitrogens with zero attached hydrogens (tertiary/aromatic N) is 2. The number of hydrogen-bond donors (Lipinski definition) is 1. The van der Waals surface area contributed by atoms with Gasteiger partial charge in [0.1, 0.15) is 0 Å². The van der Waals surface area contributed by atoms with Crippen molar-refractivity contribution in [3.05, 3.63) is 17.0 Å². The minimum atomic E-state index is 0.593. The molecular formula is C13H25N3. The summed E-state index contributed by atoms with van der Waals surface area (Å²) in [5.41, 5.74) is 3.81. The van der Waals surface area contributed by atoms with Crippen LogP contribution in [0.2, 0.25) is 0 Å². The van der Waals surface area contributed by atoms with E-state index in [4.69, 9.17) is 0 Å². The Morgan fingerprint density at radius 3 is 2.38 bits per heavy atom. The molecule has 1 aromatic heterocycles. The van der Waals surface area contributed by atoms with E-state index in [0.717, 1.165) is 18.8 Å². The molecule has 0 aliphatic heterocycles. The third-order valence-corrected chi connectivity index (χ3v) is 3.09. The third-order valence-electron chi connectivity index (χ3n) is 3.09. The van der Waals surface area contributed by atoms with Gasteiger partial charge in [0.15, 0.2) is 0 Å². The van der Waals surface area contributed by atoms with E-state index in [1.807, 2.05) is 0 Å². The van der Waals surface area contributed by atoms with Crippen molar-refractivity contribution in [1.29, 1.82) is 0 Å². The third kappa shape index (κ3) is 3.63. The highest BCUT2D eigenvalue weighted by atomic mass is 15.3. The fraction of sp³-hybridized carbons (Fsp3) is 0.769. The van der Waals surface area contributed by atoms with Crippen molar-refractivity contribution in [3.8, 4) is 0 Å². The van der Waals surface area contributed by atoms with E-state index in [9.17, 15) is 0 Å². The SMILES string of the molecule is Cc1nn(CCCCNC(C)C)c(C)c1C. The van der Waals surface area contributed by atoms with Crippen molar-refractivity contribution in [1.82, 2.24) is 15.1 Å². The van der Waals surface area contributed by atoms with Gasteiger partial charge in [0.25, 0.3) is 0 Å². The lowest BCUT2D eigenvalue weighted by atomic mass is 10.2. The second kappa shape index (κ2) is 6.04. The number of aromatic nitrogens is 2. The Hall–Kier alpha value is -0.830. The molecule has 92 valence electrons. The molecule has 0 saturated carbocycles. The van der Waals surface area contributed by atoms with Gasteiger partial charge < -0.3 is 5.32 Å². The average Bonchev–Trinajstić information content (AvgIpc) is 2.45. The summed E-state index contributed by atoms with van der Waals surface area (Å²) in [4.78, 5) is 0. The first kappa shape index (κ1) is 13.2. The maximum absolute atomic E-state index is 4.54. The van der Waals surface area contributed by atoms with Crippen molar-refractivity contribution < 1.29 is 0 Å². The molecule has 3 heteroatoms. The molecule has 3 nitrogen and oxygen atoms in total. The first-order valence-electron chi connectivity index (χ1n) is 6.26. The predicted octanol–water partition coefficient (Wildman–Crippen LogP) is 2.59. The highest BCUT2D eigenvalue weighted by Crippen LogP contribution is 2.11. The highest BCUT2D eigenvalue weighted by Gasteiger charge is 2.06. The Balaban J connectivity index is 2.29. The molecule has 1 heterocycles. The molecule has 0 saturated heterocycles. The van der Waals surface area contributed by atoms with E-state index in [2.05, 4.69) is 49.7 Å². The van der Waals surface area contributed by atoms with E-state index in [0.29, 0.717) is 6.04 Å². The van der Waals surface area contributed by atoms with Gasteiger partial charge in [0.2, 0.25) is 0 Å². The summed E-state index contributed by atoms with van der Waals surface area (Å²) < 4.78 is 2.14. The van der Waals surface area contributed by atoms with Crippen LogP contribution in [0.1, 0.15) is 43.6 Å². The quantitative estimate of drug-likeness (QED) is 0.751. The molecule has 16 heavy (non-hydrogen) atoms. The summed E-state index contributed by atoms with van der Waals surface area (Å²) in [5, 5.41) is 7.97. The van der Waals surface area contributed by atoms with E-state index >= 15 is 0 Å². The molecular weight excluding hydrogens is 198 g/mol. The topological polar surface area (TPSA) is 29.9 Å². The van der Waals surface area contributed by atoms with Crippen molar-refractivity contribution in [3.63, 3.8) is 0 Å². The smallest absolute Gasteiger partial charge is 0.0625 e. The lowest BCUT2D eigenvalue weighted by Gasteiger charge is -2.08. The van der Waals surface area contributed by atoms with E-state index in [1.54, 1.807) is 0 Å². The molecule has 0 aromatic carbocycles. The fourth-order valence-electron chi connectivity index (χ4n) is 1.78. The number of unbranched alkanes of at least 4 members (excludes halogenated alkanes) is 1. The highest BCUT2D eigenvalue weighted by molar-refractivity contribution is 5.21. The Morgan fingerprint density at radius 2 is 1.88 bits per heavy atom. The van der Waals surface area contributed by atoms with Gasteiger partial charge in [-0.3, -0.25) is 4.68 Å². The molecule has 1 rings (SSSR count). The second-order valence-corrected chi connectivity index (χ2v) is 4.83. The maximum atomic E-state index is 4.54. The van der Waals surface area contributed by atoms with Gasteiger partial charge in [0, 0.05) is 18.3 Å². The van der Waals surface area contributed by atoms with Crippen molar-refractivity contribution >= 4 is 0 Å². The van der Waals surface area contributed by atoms with Crippen LogP contribution in [0.4, 0.5) is 0 Å². The number of aryl methyl sites for hydroxylation is 2. The van der Waals surface area contributed by atoms with Crippen LogP contribution in [0.25, 0.3) is 0 Å². The predicted molar refractivity (Wildman–Crippen MR) is 68.8 cm³/mol. The van der Waals surface area contributed by atoms with Crippen LogP contribution in [-0.4, -0.2) is 22.4 Å². The summed E-state index contributed by atoms with van der Waals surface area (Å²) in [6, 6.07) is 0.593. The van der Waals surface area contributed by atoms with E-state index in [-0.39, 0.29) is 0 Å². The van der Waals surface area contributed by atoms with Gasteiger partial charge in [0.05, 0.1) is 5.69 Å². The summed E-state index contributed by atoms with van der Waals surface area (Å²) in [5.74, 6) is 0. The molecule has 0 fully saturated rings. The van der Waals surface area contributed by atoms with Crippen molar-refractivity contribution in [2.45, 2.75) is 60.0 Å². The fourth-order valence-corrected chi connectivity index (χ4v) is 1.78. The number of rotatable bonds is 6. The summed E-state index contributed by atoms with van der Waals surface area (Å²) in [6.45, 7) is 12.9. The first-order valence-corrected chi connectivity index (χ1v) is 6.26. The van der Waals surface area contributed by atoms with Gasteiger partial charge in [-0.25, -0.2) is 0 Å². The van der Waals surface area contributed by atoms with Gasteiger partial charge >= 0.3 is 0 Å². The van der Waals surface area contributed by atoms with E-state index < -0.39 is 0 Å². The van der Waals surface area contributed by atoms with Crippen LogP contribution >= 0.6 is 0 Å². The largest absolute Gasteiger partial charge is 0.315 e. The molecule has 0 aliphatic carbocycles. The lowest BCUT2D eigenvalue weighted by molar-refractivity contribution is 0.505. The Morgan fingerprint density at radius 1 is 1.19 bits per heavy atom. The standard InChI is InChI=1S/C13H25N3/c1-10(2)14-8-6-7-9-16-13(5)11(3)12(4)15-16/h10,14H,6-9H2,1-5H3. The van der Waals surface area contributed by atoms with Crippen LogP contribution in [0, 0.1) is 20.8 Å². The van der Waals surface area contributed by atoms with Crippen LogP contribution in [0.3, 0.4) is 0 Å². The van der Waals surface area contributed by atoms with Crippen molar-refractivity contribution in [2.75, 3.05) is 6.54 Å². The molecule has 1 aromatic rings. The second-order valence-electron chi connectivity index (χ2n) is 4.83. The van der Waals surface area contributed by atoms with Crippen LogP contribution in [0.15, 0.2) is 0 Å². The minimum absolute atomic E-state index is 0.593. The zero-order valence-electron chi connectivity index (χ0n) is 11.3. The Bertz CT molecular complexity index is 326. The van der Waals surface area contributed by atoms with Gasteiger partial charge in [-0.2, -0.15) is 5.10 Å². The summed E-state index contributed by atoms with van der Waals surface area (Å²) in [7, 11) is 0. The Kier molecular flexibility index (Phi) is 5.00. The molecule has 0 bridgehead atoms. The normalized spacial score (nSPS) is 11.4. The van der Waals surface area contributed by atoms with Crippen LogP contribution in [0.5, 0.6) is 0 Å². The molecule has 1 N–H and O–H groups in total. The Labute approximate surface area is 99.2 Å². The summed E-state index contributed by atoms with van der Waals surface area (Å²) in [6.07, 6.45) is 2.41. The molecule has 0 aliphatic rings. The molecule has 0 radical (unpaired) electrons. The zero-order valence-corrected chi connectivity index (χ0v) is 11.3. The monoisotopic (exact) mass is 223 g/mol. The number of nitrogens with one attached hydrogen (secondary N) is 1.